The van der Waals surface area contributed by atoms with Gasteiger partial charge in [0.05, 0.1) is 17.5 Å². The zero-order chi connectivity index (χ0) is 32.2. The number of likely N-dealkylation sites (N-methyl/N-ethyl adjacent to an activating group) is 3. The van der Waals surface area contributed by atoms with Gasteiger partial charge in [0.2, 0.25) is 5.91 Å². The number of primary amides is 1. The monoisotopic (exact) mass is 604 g/mol. The van der Waals surface area contributed by atoms with Crippen LogP contribution in [0.15, 0.2) is 36.4 Å². The van der Waals surface area contributed by atoms with Crippen LogP contribution in [0.5, 0.6) is 5.75 Å². The number of benzene rings is 2. The largest absolute Gasteiger partial charge is 0.507 e. The zero-order valence-electron chi connectivity index (χ0n) is 25.7. The van der Waals surface area contributed by atoms with E-state index >= 15 is 0 Å². The second-order valence-corrected chi connectivity index (χ2v) is 13.0. The molecule has 2 aromatic carbocycles. The molecule has 6 atom stereocenters. The first-order valence-electron chi connectivity index (χ1n) is 14.8. The lowest BCUT2D eigenvalue weighted by molar-refractivity contribution is -0.181. The Kier molecular flexibility index (Phi) is 8.36. The van der Waals surface area contributed by atoms with Crippen molar-refractivity contribution in [3.8, 4) is 16.9 Å². The predicted molar refractivity (Wildman–Crippen MR) is 162 cm³/mol. The van der Waals surface area contributed by atoms with E-state index in [9.17, 15) is 34.2 Å². The number of phenolic OH excluding ortho intramolecular Hbond substituents is 1. The van der Waals surface area contributed by atoms with Crippen molar-refractivity contribution in [2.75, 3.05) is 48.3 Å². The molecule has 2 aromatic rings. The third kappa shape index (κ3) is 5.07. The minimum atomic E-state index is -2.74. The molecule has 234 valence electrons. The van der Waals surface area contributed by atoms with Gasteiger partial charge in [-0.15, -0.1) is 0 Å². The molecule has 0 heterocycles. The van der Waals surface area contributed by atoms with Gasteiger partial charge in [0, 0.05) is 25.6 Å². The third-order valence-electron chi connectivity index (χ3n) is 9.56. The lowest BCUT2D eigenvalue weighted by atomic mass is 9.52. The Morgan fingerprint density at radius 2 is 1.70 bits per heavy atom. The van der Waals surface area contributed by atoms with Crippen molar-refractivity contribution in [3.05, 3.63) is 53.1 Å². The SMILES string of the molecule is CN(C)CCN(C)Cc1cccc(-c2ccc(O)c3c2C[C@H]2C[C@H]4[C@H](N(C)C)C(=O)C(C(N)=O)C(=O)[C@@]4(O)C(=O)C2C3=O)c1. The Labute approximate surface area is 256 Å². The number of hydrogen-bond donors (Lipinski definition) is 3. The van der Waals surface area contributed by atoms with E-state index in [-0.39, 0.29) is 24.2 Å². The number of hydrogen-bond acceptors (Lipinski definition) is 10. The molecule has 44 heavy (non-hydrogen) atoms. The van der Waals surface area contributed by atoms with Crippen molar-refractivity contribution in [1.82, 2.24) is 14.7 Å². The standard InChI is InChI=1S/C33H40N4O7/c1-35(2)11-12-37(5)16-17-7-6-8-18(13-17)20-9-10-23(38)25-21(20)14-19-15-22-27(36(3)4)29(40)26(32(34)43)31(42)33(22,44)30(41)24(19)28(25)39/h6-10,13,19,22,24,26-27,38,44H,11-12,14-16H2,1-5H3,(H2,34,43)/t19-,22-,24?,26?,27-,33-/m0/s1. The Bertz CT molecular complexity index is 1550. The molecule has 3 aliphatic rings. The molecule has 2 unspecified atom stereocenters. The van der Waals surface area contributed by atoms with Gasteiger partial charge in [-0.1, -0.05) is 24.3 Å². The number of Topliss-reactive ketones (excluding diaryl/α,β-unsaturated/α-hetero) is 4. The van der Waals surface area contributed by atoms with E-state index in [1.807, 2.05) is 45.4 Å². The molecule has 3 aliphatic carbocycles. The summed E-state index contributed by atoms with van der Waals surface area (Å²) in [7, 11) is 9.23. The van der Waals surface area contributed by atoms with Gasteiger partial charge in [0.15, 0.2) is 34.7 Å². The molecule has 2 saturated carbocycles. The highest BCUT2D eigenvalue weighted by Gasteiger charge is 2.69. The minimum Gasteiger partial charge on any atom is -0.507 e. The molecule has 0 spiro atoms. The number of nitrogens with two attached hydrogens (primary N) is 1. The van der Waals surface area contributed by atoms with Crippen LogP contribution in [0.4, 0.5) is 0 Å². The van der Waals surface area contributed by atoms with Gasteiger partial charge < -0.3 is 25.7 Å². The zero-order valence-corrected chi connectivity index (χ0v) is 25.7. The van der Waals surface area contributed by atoms with Gasteiger partial charge in [-0.3, -0.25) is 28.9 Å². The van der Waals surface area contributed by atoms with Gasteiger partial charge in [-0.2, -0.15) is 0 Å². The van der Waals surface area contributed by atoms with Crippen LogP contribution in [0.2, 0.25) is 0 Å². The maximum atomic E-state index is 14.0. The highest BCUT2D eigenvalue weighted by Crippen LogP contribution is 2.51. The van der Waals surface area contributed by atoms with Crippen molar-refractivity contribution >= 4 is 29.0 Å². The first-order chi connectivity index (χ1) is 20.7. The molecule has 0 aliphatic heterocycles. The summed E-state index contributed by atoms with van der Waals surface area (Å²) in [5.41, 5.74) is 5.88. The number of rotatable bonds is 8. The fourth-order valence-electron chi connectivity index (χ4n) is 7.47. The summed E-state index contributed by atoms with van der Waals surface area (Å²) in [4.78, 5) is 72.8. The molecule has 11 nitrogen and oxygen atoms in total. The van der Waals surface area contributed by atoms with Crippen molar-refractivity contribution in [3.63, 3.8) is 0 Å². The van der Waals surface area contributed by atoms with Crippen LogP contribution < -0.4 is 5.73 Å². The summed E-state index contributed by atoms with van der Waals surface area (Å²) in [6.07, 6.45) is 0.220. The highest BCUT2D eigenvalue weighted by atomic mass is 16.3. The maximum Gasteiger partial charge on any atom is 0.235 e. The Hall–Kier alpha value is -3.77. The summed E-state index contributed by atoms with van der Waals surface area (Å²) in [5.74, 6) is -10.5. The molecule has 0 saturated heterocycles. The number of phenols is 1. The third-order valence-corrected chi connectivity index (χ3v) is 9.56. The van der Waals surface area contributed by atoms with E-state index in [0.29, 0.717) is 12.1 Å². The van der Waals surface area contributed by atoms with Crippen molar-refractivity contribution in [2.24, 2.45) is 29.4 Å². The molecule has 5 rings (SSSR count). The van der Waals surface area contributed by atoms with Crippen LogP contribution in [-0.4, -0.2) is 114 Å². The van der Waals surface area contributed by atoms with Gasteiger partial charge >= 0.3 is 0 Å². The number of ketones is 4. The van der Waals surface area contributed by atoms with E-state index in [1.165, 1.54) is 11.0 Å². The lowest BCUT2D eigenvalue weighted by Crippen LogP contribution is -2.74. The molecular weight excluding hydrogens is 564 g/mol. The summed E-state index contributed by atoms with van der Waals surface area (Å²) in [6.45, 7) is 2.50. The summed E-state index contributed by atoms with van der Waals surface area (Å²) >= 11 is 0. The van der Waals surface area contributed by atoms with Crippen LogP contribution >= 0.6 is 0 Å². The number of nitrogens with zero attached hydrogens (tertiary/aromatic N) is 3. The number of aromatic hydroxyl groups is 1. The number of fused-ring (bicyclic) bond motifs is 3. The summed E-state index contributed by atoms with van der Waals surface area (Å²) in [5, 5.41) is 22.6. The first-order valence-corrected chi connectivity index (χ1v) is 14.8. The van der Waals surface area contributed by atoms with Crippen molar-refractivity contribution < 1.29 is 34.2 Å². The summed E-state index contributed by atoms with van der Waals surface area (Å²) < 4.78 is 0. The number of carbonyl (C=O) groups excluding carboxylic acids is 5. The minimum absolute atomic E-state index is 0.00962. The predicted octanol–water partition coefficient (Wildman–Crippen LogP) is 0.527. The second-order valence-electron chi connectivity index (χ2n) is 13.0. The van der Waals surface area contributed by atoms with E-state index in [2.05, 4.69) is 9.80 Å². The van der Waals surface area contributed by atoms with E-state index in [1.54, 1.807) is 20.2 Å². The van der Waals surface area contributed by atoms with E-state index in [0.717, 1.165) is 29.8 Å². The topological polar surface area (TPSA) is 162 Å². The molecule has 0 bridgehead atoms. The number of amides is 1. The Morgan fingerprint density at radius 3 is 2.34 bits per heavy atom. The first kappa shape index (κ1) is 31.6. The average molecular weight is 605 g/mol. The van der Waals surface area contributed by atoms with Gasteiger partial charge in [0.25, 0.3) is 0 Å². The van der Waals surface area contributed by atoms with Crippen LogP contribution in [-0.2, 0) is 32.1 Å². The van der Waals surface area contributed by atoms with Crippen LogP contribution in [0.1, 0.15) is 27.9 Å². The van der Waals surface area contributed by atoms with Gasteiger partial charge in [-0.05, 0) is 88.4 Å². The van der Waals surface area contributed by atoms with Crippen molar-refractivity contribution in [1.29, 1.82) is 0 Å². The maximum absolute atomic E-state index is 14.0. The fraction of sp³-hybridized carbons (Fsp3) is 0.485. The van der Waals surface area contributed by atoms with Crippen LogP contribution in [0, 0.1) is 23.7 Å². The molecule has 2 fully saturated rings. The van der Waals surface area contributed by atoms with Crippen LogP contribution in [0.25, 0.3) is 11.1 Å². The smallest absolute Gasteiger partial charge is 0.235 e. The lowest BCUT2D eigenvalue weighted by Gasteiger charge is -2.52. The van der Waals surface area contributed by atoms with Crippen LogP contribution in [0.3, 0.4) is 0 Å². The Balaban J connectivity index is 1.55. The summed E-state index contributed by atoms with van der Waals surface area (Å²) in [6, 6.07) is 9.99. The second kappa shape index (κ2) is 11.6. The number of carbonyl (C=O) groups is 5. The quantitative estimate of drug-likeness (QED) is 0.363. The van der Waals surface area contributed by atoms with E-state index < -0.39 is 64.4 Å². The molecular formula is C33H40N4O7. The number of aliphatic hydroxyl groups is 1. The van der Waals surface area contributed by atoms with Gasteiger partial charge in [-0.25, -0.2) is 0 Å². The highest BCUT2D eigenvalue weighted by molar-refractivity contribution is 6.32. The van der Waals surface area contributed by atoms with E-state index in [4.69, 9.17) is 5.73 Å². The average Bonchev–Trinajstić information content (AvgIpc) is 2.93. The normalized spacial score (nSPS) is 28.3. The fourth-order valence-corrected chi connectivity index (χ4v) is 7.47. The molecule has 1 amide bonds. The molecule has 11 heteroatoms. The van der Waals surface area contributed by atoms with Gasteiger partial charge in [0.1, 0.15) is 5.75 Å². The van der Waals surface area contributed by atoms with Crippen molar-refractivity contribution in [2.45, 2.75) is 31.0 Å². The molecule has 4 N–H and O–H groups in total. The Morgan fingerprint density at radius 1 is 1.00 bits per heavy atom. The molecule has 0 aromatic heterocycles. The molecule has 0 radical (unpaired) electrons.